The van der Waals surface area contributed by atoms with Crippen molar-refractivity contribution in [2.75, 3.05) is 10.8 Å². The SMILES string of the molecule is Cc1ccc(S(=O)(=O)N(CC(=O)N(Cc2ccccc2C)[C@H](C)C(=O)NC2CCCC2)c2ccc(F)cc2)cc1. The third-order valence-corrected chi connectivity index (χ3v) is 9.26. The first-order valence-electron chi connectivity index (χ1n) is 13.6. The van der Waals surface area contributed by atoms with E-state index in [2.05, 4.69) is 5.32 Å². The molecule has 0 radical (unpaired) electrons. The van der Waals surface area contributed by atoms with E-state index in [9.17, 15) is 22.4 Å². The van der Waals surface area contributed by atoms with E-state index in [1.165, 1.54) is 29.2 Å². The number of hydrogen-bond donors (Lipinski definition) is 1. The summed E-state index contributed by atoms with van der Waals surface area (Å²) in [6, 6.07) is 18.1. The monoisotopic (exact) mass is 565 g/mol. The second-order valence-electron chi connectivity index (χ2n) is 10.4. The highest BCUT2D eigenvalue weighted by molar-refractivity contribution is 7.92. The molecule has 3 aromatic rings. The number of amides is 2. The average Bonchev–Trinajstić information content (AvgIpc) is 3.44. The van der Waals surface area contributed by atoms with E-state index in [-0.39, 0.29) is 29.1 Å². The molecule has 3 aromatic carbocycles. The predicted molar refractivity (Wildman–Crippen MR) is 154 cm³/mol. The van der Waals surface area contributed by atoms with E-state index in [4.69, 9.17) is 0 Å². The zero-order chi connectivity index (χ0) is 28.9. The van der Waals surface area contributed by atoms with Gasteiger partial charge in [-0.3, -0.25) is 13.9 Å². The molecule has 0 bridgehead atoms. The molecule has 0 saturated heterocycles. The highest BCUT2D eigenvalue weighted by Crippen LogP contribution is 2.26. The molecular formula is C31H36FN3O4S. The Morgan fingerprint density at radius 1 is 0.950 bits per heavy atom. The van der Waals surface area contributed by atoms with Crippen LogP contribution < -0.4 is 9.62 Å². The van der Waals surface area contributed by atoms with Crippen molar-refractivity contribution in [1.82, 2.24) is 10.2 Å². The van der Waals surface area contributed by atoms with Gasteiger partial charge in [-0.05, 0) is 81.1 Å². The number of rotatable bonds is 10. The molecule has 1 aliphatic carbocycles. The molecule has 212 valence electrons. The first-order valence-corrected chi connectivity index (χ1v) is 15.0. The largest absolute Gasteiger partial charge is 0.352 e. The number of carbonyl (C=O) groups excluding carboxylic acids is 2. The second kappa shape index (κ2) is 12.6. The van der Waals surface area contributed by atoms with Crippen molar-refractivity contribution in [2.24, 2.45) is 0 Å². The van der Waals surface area contributed by atoms with Crippen molar-refractivity contribution >= 4 is 27.5 Å². The Bertz CT molecular complexity index is 1440. The van der Waals surface area contributed by atoms with Crippen LogP contribution in [0.4, 0.5) is 10.1 Å². The summed E-state index contributed by atoms with van der Waals surface area (Å²) in [5.41, 5.74) is 2.83. The molecule has 2 amide bonds. The number of anilines is 1. The summed E-state index contributed by atoms with van der Waals surface area (Å²) in [7, 11) is -4.20. The summed E-state index contributed by atoms with van der Waals surface area (Å²) >= 11 is 0. The maximum atomic E-state index is 14.0. The first-order chi connectivity index (χ1) is 19.1. The van der Waals surface area contributed by atoms with Crippen LogP contribution >= 0.6 is 0 Å². The summed E-state index contributed by atoms with van der Waals surface area (Å²) in [6.07, 6.45) is 3.90. The molecule has 0 aliphatic heterocycles. The Balaban J connectivity index is 1.69. The van der Waals surface area contributed by atoms with Crippen molar-refractivity contribution in [3.05, 3.63) is 95.3 Å². The highest BCUT2D eigenvalue weighted by Gasteiger charge is 2.33. The van der Waals surface area contributed by atoms with Gasteiger partial charge in [0.25, 0.3) is 10.0 Å². The Hall–Kier alpha value is -3.72. The van der Waals surface area contributed by atoms with Crippen LogP contribution in [0.25, 0.3) is 0 Å². The lowest BCUT2D eigenvalue weighted by Crippen LogP contribution is -2.52. The van der Waals surface area contributed by atoms with E-state index in [0.717, 1.165) is 58.8 Å². The van der Waals surface area contributed by atoms with E-state index in [1.54, 1.807) is 19.1 Å². The quantitative estimate of drug-likeness (QED) is 0.370. The Labute approximate surface area is 236 Å². The lowest BCUT2D eigenvalue weighted by Gasteiger charge is -2.32. The molecule has 0 unspecified atom stereocenters. The topological polar surface area (TPSA) is 86.8 Å². The van der Waals surface area contributed by atoms with Crippen LogP contribution in [0.3, 0.4) is 0 Å². The van der Waals surface area contributed by atoms with Gasteiger partial charge in [0, 0.05) is 12.6 Å². The molecule has 4 rings (SSSR count). The van der Waals surface area contributed by atoms with Crippen LogP contribution in [0, 0.1) is 19.7 Å². The van der Waals surface area contributed by atoms with Crippen LogP contribution in [0.15, 0.2) is 77.7 Å². The minimum atomic E-state index is -4.20. The number of nitrogens with one attached hydrogen (secondary N) is 1. The fourth-order valence-electron chi connectivity index (χ4n) is 4.92. The molecule has 7 nitrogen and oxygen atoms in total. The van der Waals surface area contributed by atoms with Crippen LogP contribution in [0.5, 0.6) is 0 Å². The number of halogens is 1. The molecule has 0 heterocycles. The maximum Gasteiger partial charge on any atom is 0.264 e. The zero-order valence-electron chi connectivity index (χ0n) is 23.1. The van der Waals surface area contributed by atoms with Gasteiger partial charge in [0.15, 0.2) is 0 Å². The fourth-order valence-corrected chi connectivity index (χ4v) is 6.33. The molecule has 1 fully saturated rings. The van der Waals surface area contributed by atoms with Gasteiger partial charge >= 0.3 is 0 Å². The van der Waals surface area contributed by atoms with E-state index < -0.39 is 34.3 Å². The number of hydrogen-bond acceptors (Lipinski definition) is 4. The summed E-state index contributed by atoms with van der Waals surface area (Å²) in [6.45, 7) is 5.01. The molecule has 0 aromatic heterocycles. The van der Waals surface area contributed by atoms with Crippen molar-refractivity contribution in [2.45, 2.75) is 70.0 Å². The summed E-state index contributed by atoms with van der Waals surface area (Å²) in [5, 5.41) is 3.06. The van der Waals surface area contributed by atoms with Crippen molar-refractivity contribution in [3.8, 4) is 0 Å². The number of benzene rings is 3. The Kier molecular flexibility index (Phi) is 9.25. The normalized spacial score (nSPS) is 14.5. The fraction of sp³-hybridized carbons (Fsp3) is 0.355. The third-order valence-electron chi connectivity index (χ3n) is 7.47. The average molecular weight is 566 g/mol. The molecule has 1 atom stereocenters. The van der Waals surface area contributed by atoms with E-state index >= 15 is 0 Å². The summed E-state index contributed by atoms with van der Waals surface area (Å²) in [4.78, 5) is 28.7. The summed E-state index contributed by atoms with van der Waals surface area (Å²) in [5.74, 6) is -1.35. The van der Waals surface area contributed by atoms with Gasteiger partial charge in [-0.2, -0.15) is 0 Å². The van der Waals surface area contributed by atoms with Crippen LogP contribution in [0.2, 0.25) is 0 Å². The Morgan fingerprint density at radius 3 is 2.20 bits per heavy atom. The zero-order valence-corrected chi connectivity index (χ0v) is 24.0. The molecule has 40 heavy (non-hydrogen) atoms. The van der Waals surface area contributed by atoms with Gasteiger partial charge in [0.05, 0.1) is 10.6 Å². The smallest absolute Gasteiger partial charge is 0.264 e. The maximum absolute atomic E-state index is 14.0. The molecule has 1 N–H and O–H groups in total. The van der Waals surface area contributed by atoms with E-state index in [1.807, 2.05) is 38.1 Å². The van der Waals surface area contributed by atoms with Gasteiger partial charge < -0.3 is 10.2 Å². The first kappa shape index (κ1) is 29.3. The van der Waals surface area contributed by atoms with Crippen molar-refractivity contribution in [3.63, 3.8) is 0 Å². The van der Waals surface area contributed by atoms with Crippen LogP contribution in [-0.2, 0) is 26.2 Å². The lowest BCUT2D eigenvalue weighted by molar-refractivity contribution is -0.139. The number of nitrogens with zero attached hydrogens (tertiary/aromatic N) is 2. The molecular weight excluding hydrogens is 529 g/mol. The second-order valence-corrected chi connectivity index (χ2v) is 12.3. The minimum Gasteiger partial charge on any atom is -0.352 e. The Morgan fingerprint density at radius 2 is 1.57 bits per heavy atom. The van der Waals surface area contributed by atoms with Gasteiger partial charge in [0.1, 0.15) is 18.4 Å². The summed E-state index contributed by atoms with van der Waals surface area (Å²) < 4.78 is 42.4. The highest BCUT2D eigenvalue weighted by atomic mass is 32.2. The molecule has 9 heteroatoms. The standard InChI is InChI=1S/C31H36FN3O4S/c1-22-12-18-29(19-13-22)40(38,39)35(28-16-14-26(32)15-17-28)21-30(36)34(20-25-9-5-4-8-23(25)2)24(3)31(37)33-27-10-6-7-11-27/h4-5,8-9,12-19,24,27H,6-7,10-11,20-21H2,1-3H3,(H,33,37)/t24-/m1/s1. The predicted octanol–water partition coefficient (Wildman–Crippen LogP) is 5.11. The van der Waals surface area contributed by atoms with Gasteiger partial charge in [-0.25, -0.2) is 12.8 Å². The van der Waals surface area contributed by atoms with Crippen molar-refractivity contribution in [1.29, 1.82) is 0 Å². The number of sulfonamides is 1. The molecule has 0 spiro atoms. The minimum absolute atomic E-state index is 0.00713. The van der Waals surface area contributed by atoms with Gasteiger partial charge in [0.2, 0.25) is 11.8 Å². The molecule has 1 aliphatic rings. The van der Waals surface area contributed by atoms with Gasteiger partial charge in [-0.15, -0.1) is 0 Å². The van der Waals surface area contributed by atoms with Gasteiger partial charge in [-0.1, -0.05) is 54.8 Å². The molecule has 1 saturated carbocycles. The van der Waals surface area contributed by atoms with Crippen molar-refractivity contribution < 1.29 is 22.4 Å². The lowest BCUT2D eigenvalue weighted by atomic mass is 10.1. The van der Waals surface area contributed by atoms with Crippen LogP contribution in [-0.4, -0.2) is 43.8 Å². The van der Waals surface area contributed by atoms with E-state index in [0.29, 0.717) is 0 Å². The number of aryl methyl sites for hydroxylation is 2. The van der Waals surface area contributed by atoms with Crippen LogP contribution in [0.1, 0.15) is 49.3 Å². The third kappa shape index (κ3) is 6.88. The number of carbonyl (C=O) groups is 2.